The van der Waals surface area contributed by atoms with Crippen LogP contribution in [0.1, 0.15) is 5.56 Å². The molecule has 27 heavy (non-hydrogen) atoms. The second-order valence-electron chi connectivity index (χ2n) is 6.16. The Kier molecular flexibility index (Phi) is 4.22. The summed E-state index contributed by atoms with van der Waals surface area (Å²) in [5, 5.41) is 17.5. The zero-order valence-electron chi connectivity index (χ0n) is 14.3. The van der Waals surface area contributed by atoms with Crippen LogP contribution >= 0.6 is 0 Å². The predicted octanol–water partition coefficient (Wildman–Crippen LogP) is 4.02. The van der Waals surface area contributed by atoms with Crippen LogP contribution in [0.5, 0.6) is 0 Å². The largest absolute Gasteiger partial charge is 0.269 e. The normalized spacial score (nSPS) is 10.8. The predicted molar refractivity (Wildman–Crippen MR) is 104 cm³/mol. The van der Waals surface area contributed by atoms with Gasteiger partial charge in [-0.2, -0.15) is 5.10 Å². The van der Waals surface area contributed by atoms with Gasteiger partial charge in [0.2, 0.25) is 0 Å². The first-order chi connectivity index (χ1) is 13.1. The van der Waals surface area contributed by atoms with Crippen LogP contribution in [-0.4, -0.2) is 14.7 Å². The molecule has 4 aromatic rings. The van der Waals surface area contributed by atoms with Crippen LogP contribution < -0.4 is 5.56 Å². The number of benzene rings is 3. The van der Waals surface area contributed by atoms with Gasteiger partial charge in [-0.25, -0.2) is 4.68 Å². The summed E-state index contributed by atoms with van der Waals surface area (Å²) in [4.78, 5) is 22.6. The third-order valence-corrected chi connectivity index (χ3v) is 4.41. The van der Waals surface area contributed by atoms with E-state index in [0.29, 0.717) is 5.69 Å². The SMILES string of the molecule is O=c1ccc(-c2cccc3ccccc23)nn1Cc1ccc([N+](=O)[O-])cc1. The first kappa shape index (κ1) is 16.7. The fourth-order valence-electron chi connectivity index (χ4n) is 3.05. The lowest BCUT2D eigenvalue weighted by molar-refractivity contribution is -0.384. The molecule has 0 radical (unpaired) electrons. The molecule has 6 nitrogen and oxygen atoms in total. The Bertz CT molecular complexity index is 1190. The first-order valence-electron chi connectivity index (χ1n) is 8.41. The van der Waals surface area contributed by atoms with Crippen LogP contribution in [-0.2, 0) is 6.54 Å². The molecule has 0 N–H and O–H groups in total. The van der Waals surface area contributed by atoms with Crippen LogP contribution in [0.2, 0.25) is 0 Å². The van der Waals surface area contributed by atoms with E-state index in [2.05, 4.69) is 5.10 Å². The maximum absolute atomic E-state index is 12.2. The van der Waals surface area contributed by atoms with Crippen molar-refractivity contribution in [3.8, 4) is 11.3 Å². The van der Waals surface area contributed by atoms with Crippen LogP contribution in [0.3, 0.4) is 0 Å². The summed E-state index contributed by atoms with van der Waals surface area (Å²) >= 11 is 0. The van der Waals surface area contributed by atoms with Crippen molar-refractivity contribution in [1.29, 1.82) is 0 Å². The molecular formula is C21H15N3O3. The summed E-state index contributed by atoms with van der Waals surface area (Å²) in [5.74, 6) is 0. The Morgan fingerprint density at radius 1 is 0.889 bits per heavy atom. The summed E-state index contributed by atoms with van der Waals surface area (Å²) in [6, 6.07) is 23.3. The van der Waals surface area contributed by atoms with Crippen molar-refractivity contribution in [2.24, 2.45) is 0 Å². The van der Waals surface area contributed by atoms with Gasteiger partial charge in [0.05, 0.1) is 17.2 Å². The van der Waals surface area contributed by atoms with E-state index in [-0.39, 0.29) is 17.8 Å². The molecule has 1 aromatic heterocycles. The third kappa shape index (κ3) is 3.32. The average molecular weight is 357 g/mol. The molecule has 4 rings (SSSR count). The molecule has 0 bridgehead atoms. The average Bonchev–Trinajstić information content (AvgIpc) is 2.70. The monoisotopic (exact) mass is 357 g/mol. The van der Waals surface area contributed by atoms with E-state index >= 15 is 0 Å². The van der Waals surface area contributed by atoms with Gasteiger partial charge in [0.15, 0.2) is 0 Å². The van der Waals surface area contributed by atoms with Gasteiger partial charge in [-0.05, 0) is 22.4 Å². The van der Waals surface area contributed by atoms with E-state index in [1.807, 2.05) is 42.5 Å². The van der Waals surface area contributed by atoms with Gasteiger partial charge in [-0.3, -0.25) is 14.9 Å². The molecule has 0 aliphatic heterocycles. The molecule has 3 aromatic carbocycles. The molecule has 0 unspecified atom stereocenters. The summed E-state index contributed by atoms with van der Waals surface area (Å²) in [5.41, 5.74) is 2.21. The van der Waals surface area contributed by atoms with Crippen molar-refractivity contribution in [2.75, 3.05) is 0 Å². The smallest absolute Gasteiger partial charge is 0.268 e. The maximum Gasteiger partial charge on any atom is 0.269 e. The molecule has 0 fully saturated rings. The number of aromatic nitrogens is 2. The molecule has 132 valence electrons. The quantitative estimate of drug-likeness (QED) is 0.408. The zero-order valence-corrected chi connectivity index (χ0v) is 14.3. The van der Waals surface area contributed by atoms with Gasteiger partial charge in [-0.15, -0.1) is 0 Å². The fourth-order valence-corrected chi connectivity index (χ4v) is 3.05. The minimum atomic E-state index is -0.449. The Morgan fingerprint density at radius 3 is 2.41 bits per heavy atom. The molecule has 6 heteroatoms. The van der Waals surface area contributed by atoms with Gasteiger partial charge in [0, 0.05) is 23.8 Å². The minimum Gasteiger partial charge on any atom is -0.268 e. The van der Waals surface area contributed by atoms with E-state index in [1.165, 1.54) is 22.9 Å². The highest BCUT2D eigenvalue weighted by Crippen LogP contribution is 2.26. The molecule has 0 saturated heterocycles. The van der Waals surface area contributed by atoms with Gasteiger partial charge in [-0.1, -0.05) is 54.6 Å². The lowest BCUT2D eigenvalue weighted by Gasteiger charge is -2.09. The Labute approximate surface area is 154 Å². The fraction of sp³-hybridized carbons (Fsp3) is 0.0476. The lowest BCUT2D eigenvalue weighted by Crippen LogP contribution is -2.22. The van der Waals surface area contributed by atoms with E-state index in [1.54, 1.807) is 18.2 Å². The van der Waals surface area contributed by atoms with Crippen LogP contribution in [0, 0.1) is 10.1 Å². The van der Waals surface area contributed by atoms with Crippen LogP contribution in [0.15, 0.2) is 83.7 Å². The topological polar surface area (TPSA) is 78.0 Å². The molecule has 0 aliphatic rings. The molecule has 0 spiro atoms. The Hall–Kier alpha value is -3.80. The highest BCUT2D eigenvalue weighted by atomic mass is 16.6. The molecule has 0 atom stereocenters. The molecule has 0 aliphatic carbocycles. The van der Waals surface area contributed by atoms with Crippen LogP contribution in [0.4, 0.5) is 5.69 Å². The molecular weight excluding hydrogens is 342 g/mol. The number of nitro benzene ring substituents is 1. The first-order valence-corrected chi connectivity index (χ1v) is 8.41. The minimum absolute atomic E-state index is 0.0172. The van der Waals surface area contributed by atoms with E-state index < -0.39 is 4.92 Å². The van der Waals surface area contributed by atoms with Crippen molar-refractivity contribution in [3.05, 3.63) is 105 Å². The standard InChI is InChI=1S/C21H15N3O3/c25-21-13-12-20(19-7-3-5-16-4-1-2-6-18(16)19)22-23(21)14-15-8-10-17(11-9-15)24(26)27/h1-13H,14H2. The molecule has 0 saturated carbocycles. The molecule has 0 amide bonds. The summed E-state index contributed by atoms with van der Waals surface area (Å²) in [6.07, 6.45) is 0. The summed E-state index contributed by atoms with van der Waals surface area (Å²) in [6.45, 7) is 0.245. The third-order valence-electron chi connectivity index (χ3n) is 4.41. The number of fused-ring (bicyclic) bond motifs is 1. The van der Waals surface area contributed by atoms with Gasteiger partial charge < -0.3 is 0 Å². The number of rotatable bonds is 4. The van der Waals surface area contributed by atoms with Gasteiger partial charge >= 0.3 is 0 Å². The van der Waals surface area contributed by atoms with Gasteiger partial charge in [0.25, 0.3) is 11.2 Å². The van der Waals surface area contributed by atoms with Crippen molar-refractivity contribution in [1.82, 2.24) is 9.78 Å². The highest BCUT2D eigenvalue weighted by Gasteiger charge is 2.09. The second kappa shape index (κ2) is 6.84. The number of non-ortho nitro benzene ring substituents is 1. The highest BCUT2D eigenvalue weighted by molar-refractivity contribution is 5.95. The zero-order chi connectivity index (χ0) is 18.8. The lowest BCUT2D eigenvalue weighted by atomic mass is 10.0. The number of nitro groups is 1. The molecule has 1 heterocycles. The summed E-state index contributed by atoms with van der Waals surface area (Å²) in [7, 11) is 0. The van der Waals surface area contributed by atoms with Crippen LogP contribution in [0.25, 0.3) is 22.0 Å². The van der Waals surface area contributed by atoms with Crippen molar-refractivity contribution >= 4 is 16.5 Å². The van der Waals surface area contributed by atoms with Crippen molar-refractivity contribution in [2.45, 2.75) is 6.54 Å². The van der Waals surface area contributed by atoms with E-state index in [4.69, 9.17) is 0 Å². The number of nitrogens with zero attached hydrogens (tertiary/aromatic N) is 3. The van der Waals surface area contributed by atoms with Gasteiger partial charge in [0.1, 0.15) is 0 Å². The van der Waals surface area contributed by atoms with E-state index in [9.17, 15) is 14.9 Å². The van der Waals surface area contributed by atoms with E-state index in [0.717, 1.165) is 21.9 Å². The van der Waals surface area contributed by atoms with Crippen molar-refractivity contribution in [3.63, 3.8) is 0 Å². The second-order valence-corrected chi connectivity index (χ2v) is 6.16. The number of hydrogen-bond donors (Lipinski definition) is 0. The van der Waals surface area contributed by atoms with Crippen molar-refractivity contribution < 1.29 is 4.92 Å². The number of hydrogen-bond acceptors (Lipinski definition) is 4. The maximum atomic E-state index is 12.2. The Morgan fingerprint density at radius 2 is 1.63 bits per heavy atom. The Balaban J connectivity index is 1.73. The summed E-state index contributed by atoms with van der Waals surface area (Å²) < 4.78 is 1.37.